The number of carboxylic acid groups (broad SMARTS) is 2. The molecule has 0 spiro atoms. The quantitative estimate of drug-likeness (QED) is 0.624. The predicted molar refractivity (Wildman–Crippen MR) is 118 cm³/mol. The number of piperazine rings is 1. The number of hydrogen-bond acceptors (Lipinski definition) is 6. The summed E-state index contributed by atoms with van der Waals surface area (Å²) in [4.78, 5) is 26.1. The number of nitrogens with zero attached hydrogens (tertiary/aromatic N) is 2. The molecule has 0 saturated carbocycles. The first-order valence-corrected chi connectivity index (χ1v) is 10.8. The predicted octanol–water partition coefficient (Wildman–Crippen LogP) is 2.50. The van der Waals surface area contributed by atoms with E-state index in [1.54, 1.807) is 11.8 Å². The van der Waals surface area contributed by atoms with Crippen LogP contribution in [0.1, 0.15) is 11.1 Å². The Morgan fingerprint density at radius 2 is 1.45 bits per heavy atom. The van der Waals surface area contributed by atoms with E-state index in [0.717, 1.165) is 31.7 Å². The summed E-state index contributed by atoms with van der Waals surface area (Å²) in [6, 6.07) is 16.8. The Balaban J connectivity index is 0.000000293. The third-order valence-corrected chi connectivity index (χ3v) is 6.54. The number of aliphatic hydroxyl groups is 1. The number of fused-ring (bicyclic) bond motifs is 2. The van der Waals surface area contributed by atoms with Crippen LogP contribution in [-0.4, -0.2) is 70.3 Å². The molecular formula is C23H26N2O5S. The normalized spacial score (nSPS) is 21.4. The fraction of sp³-hybridized carbons (Fsp3) is 0.304. The van der Waals surface area contributed by atoms with Gasteiger partial charge in [-0.05, 0) is 24.7 Å². The largest absolute Gasteiger partial charge is 0.478 e. The number of benzene rings is 2. The van der Waals surface area contributed by atoms with Crippen molar-refractivity contribution in [2.24, 2.45) is 0 Å². The van der Waals surface area contributed by atoms with Crippen LogP contribution in [0.5, 0.6) is 0 Å². The van der Waals surface area contributed by atoms with Crippen molar-refractivity contribution >= 4 is 23.7 Å². The number of hydrogen-bond donors (Lipinski definition) is 3. The van der Waals surface area contributed by atoms with Crippen molar-refractivity contribution in [1.29, 1.82) is 0 Å². The highest BCUT2D eigenvalue weighted by Crippen LogP contribution is 2.44. The Hall–Kier alpha value is -2.65. The zero-order valence-corrected chi connectivity index (χ0v) is 18.1. The Bertz CT molecular complexity index is 956. The second-order valence-corrected chi connectivity index (χ2v) is 8.58. The molecule has 0 aliphatic carbocycles. The minimum absolute atomic E-state index is 0.558. The first-order chi connectivity index (χ1) is 14.8. The van der Waals surface area contributed by atoms with Crippen molar-refractivity contribution in [3.8, 4) is 0 Å². The van der Waals surface area contributed by atoms with Crippen LogP contribution < -0.4 is 0 Å². The van der Waals surface area contributed by atoms with Gasteiger partial charge in [0.2, 0.25) is 0 Å². The topological polar surface area (TPSA) is 101 Å². The van der Waals surface area contributed by atoms with Gasteiger partial charge >= 0.3 is 11.9 Å². The van der Waals surface area contributed by atoms with E-state index in [2.05, 4.69) is 59.3 Å². The second kappa shape index (κ2) is 10.1. The molecule has 3 N–H and O–H groups in total. The van der Waals surface area contributed by atoms with Crippen molar-refractivity contribution in [1.82, 2.24) is 9.80 Å². The fourth-order valence-electron chi connectivity index (χ4n) is 3.72. The van der Waals surface area contributed by atoms with Crippen LogP contribution >= 0.6 is 11.8 Å². The summed E-state index contributed by atoms with van der Waals surface area (Å²) in [5.41, 5.74) is 1.36. The van der Waals surface area contributed by atoms with Crippen LogP contribution in [0.3, 0.4) is 0 Å². The molecule has 0 bridgehead atoms. The van der Waals surface area contributed by atoms with Crippen molar-refractivity contribution in [2.45, 2.75) is 21.9 Å². The van der Waals surface area contributed by atoms with Gasteiger partial charge in [0.15, 0.2) is 0 Å². The molecule has 2 aromatic rings. The molecule has 1 fully saturated rings. The van der Waals surface area contributed by atoms with Gasteiger partial charge in [0, 0.05) is 60.1 Å². The maximum absolute atomic E-state index is 11.8. The van der Waals surface area contributed by atoms with Crippen LogP contribution in [0.2, 0.25) is 0 Å². The molecule has 1 unspecified atom stereocenters. The zero-order chi connectivity index (χ0) is 22.4. The summed E-state index contributed by atoms with van der Waals surface area (Å²) in [5, 5.41) is 27.4. The fourth-order valence-corrected chi connectivity index (χ4v) is 4.86. The average molecular weight is 443 g/mol. The third kappa shape index (κ3) is 5.74. The molecule has 2 aromatic carbocycles. The summed E-state index contributed by atoms with van der Waals surface area (Å²) < 4.78 is 0. The SMILES string of the molecule is CN1CCN(C2(O)Cc3ccccc3Sc3ccccc32)CC1.O=C(O)/C=C\C(=O)O. The van der Waals surface area contributed by atoms with Gasteiger partial charge in [0.1, 0.15) is 5.72 Å². The van der Waals surface area contributed by atoms with Crippen molar-refractivity contribution < 1.29 is 24.9 Å². The Labute approximate surface area is 185 Å². The highest BCUT2D eigenvalue weighted by atomic mass is 32.2. The molecule has 8 heteroatoms. The smallest absolute Gasteiger partial charge is 0.328 e. The molecule has 2 heterocycles. The number of carboxylic acids is 2. The maximum Gasteiger partial charge on any atom is 0.328 e. The minimum Gasteiger partial charge on any atom is -0.478 e. The highest BCUT2D eigenvalue weighted by molar-refractivity contribution is 7.99. The number of aliphatic carboxylic acids is 2. The van der Waals surface area contributed by atoms with Crippen LogP contribution in [0, 0.1) is 0 Å². The first kappa shape index (κ1) is 23.0. The molecule has 0 aromatic heterocycles. The molecule has 1 saturated heterocycles. The molecule has 4 rings (SSSR count). The first-order valence-electron chi connectivity index (χ1n) is 9.95. The Morgan fingerprint density at radius 3 is 2.06 bits per heavy atom. The van der Waals surface area contributed by atoms with Crippen molar-refractivity contribution in [3.63, 3.8) is 0 Å². The van der Waals surface area contributed by atoms with E-state index in [4.69, 9.17) is 10.2 Å². The molecule has 0 amide bonds. The number of likely N-dealkylation sites (N-methyl/N-ethyl adjacent to an activating group) is 1. The summed E-state index contributed by atoms with van der Waals surface area (Å²) in [7, 11) is 2.15. The molecule has 7 nitrogen and oxygen atoms in total. The standard InChI is InChI=1S/C19H22N2OS.C4H4O4/c1-20-10-12-21(13-11-20)19(22)14-15-6-2-4-8-17(15)23-18-9-5-3-7-16(18)19;5-3(6)1-2-4(7)8/h2-9,22H,10-14H2,1H3;1-2H,(H,5,6)(H,7,8)/b;2-1-. The second-order valence-electron chi connectivity index (χ2n) is 7.50. The van der Waals surface area contributed by atoms with Crippen LogP contribution in [0.15, 0.2) is 70.5 Å². The molecule has 0 radical (unpaired) electrons. The maximum atomic E-state index is 11.8. The van der Waals surface area contributed by atoms with Gasteiger partial charge in [0.05, 0.1) is 0 Å². The molecular weight excluding hydrogens is 416 g/mol. The van der Waals surface area contributed by atoms with Crippen LogP contribution in [0.4, 0.5) is 0 Å². The summed E-state index contributed by atoms with van der Waals surface area (Å²) >= 11 is 1.77. The number of rotatable bonds is 3. The molecule has 31 heavy (non-hydrogen) atoms. The molecule has 164 valence electrons. The van der Waals surface area contributed by atoms with E-state index in [1.165, 1.54) is 15.4 Å². The molecule has 2 aliphatic heterocycles. The van der Waals surface area contributed by atoms with Gasteiger partial charge in [-0.2, -0.15) is 0 Å². The molecule has 1 atom stereocenters. The lowest BCUT2D eigenvalue weighted by atomic mass is 9.92. The van der Waals surface area contributed by atoms with E-state index in [-0.39, 0.29) is 0 Å². The Morgan fingerprint density at radius 1 is 0.903 bits per heavy atom. The highest BCUT2D eigenvalue weighted by Gasteiger charge is 2.41. The van der Waals surface area contributed by atoms with Crippen molar-refractivity contribution in [2.75, 3.05) is 33.2 Å². The van der Waals surface area contributed by atoms with Gasteiger partial charge in [-0.25, -0.2) is 9.59 Å². The van der Waals surface area contributed by atoms with Gasteiger partial charge < -0.3 is 20.2 Å². The minimum atomic E-state index is -1.26. The van der Waals surface area contributed by atoms with E-state index in [0.29, 0.717) is 18.6 Å². The average Bonchev–Trinajstić information content (AvgIpc) is 2.87. The number of carbonyl (C=O) groups is 2. The monoisotopic (exact) mass is 442 g/mol. The van der Waals surface area contributed by atoms with E-state index in [1.807, 2.05) is 6.07 Å². The Kier molecular flexibility index (Phi) is 7.50. The summed E-state index contributed by atoms with van der Waals surface area (Å²) in [6.07, 6.45) is 1.77. The zero-order valence-electron chi connectivity index (χ0n) is 17.3. The molecule has 2 aliphatic rings. The lowest BCUT2D eigenvalue weighted by Gasteiger charge is -2.44. The summed E-state index contributed by atoms with van der Waals surface area (Å²) in [5.74, 6) is -2.51. The van der Waals surface area contributed by atoms with Gasteiger partial charge in [-0.1, -0.05) is 48.2 Å². The lowest BCUT2D eigenvalue weighted by Crippen LogP contribution is -2.55. The van der Waals surface area contributed by atoms with Crippen molar-refractivity contribution in [3.05, 3.63) is 71.8 Å². The van der Waals surface area contributed by atoms with Gasteiger partial charge in [0.25, 0.3) is 0 Å². The van der Waals surface area contributed by atoms with Crippen LogP contribution in [-0.2, 0) is 21.7 Å². The van der Waals surface area contributed by atoms with Gasteiger partial charge in [-0.3, -0.25) is 4.90 Å². The lowest BCUT2D eigenvalue weighted by molar-refractivity contribution is -0.134. The van der Waals surface area contributed by atoms with Gasteiger partial charge in [-0.15, -0.1) is 0 Å². The van der Waals surface area contributed by atoms with E-state index >= 15 is 0 Å². The summed E-state index contributed by atoms with van der Waals surface area (Å²) in [6.45, 7) is 3.79. The van der Waals surface area contributed by atoms with E-state index < -0.39 is 17.7 Å². The van der Waals surface area contributed by atoms with E-state index in [9.17, 15) is 14.7 Å². The third-order valence-electron chi connectivity index (χ3n) is 5.34. The van der Waals surface area contributed by atoms with Crippen LogP contribution in [0.25, 0.3) is 0 Å².